The summed E-state index contributed by atoms with van der Waals surface area (Å²) in [6.45, 7) is 0.391. The van der Waals surface area contributed by atoms with Crippen LogP contribution in [0.1, 0.15) is 11.1 Å². The number of rotatable bonds is 4. The average Bonchev–Trinajstić information content (AvgIpc) is 3.03. The first kappa shape index (κ1) is 15.0. The molecular weight excluding hydrogens is 290 g/mol. The highest BCUT2D eigenvalue weighted by molar-refractivity contribution is 5.98. The molecule has 0 saturated carbocycles. The van der Waals surface area contributed by atoms with Crippen LogP contribution in [0.5, 0.6) is 0 Å². The molecule has 0 aliphatic carbocycles. The first-order valence-electron chi connectivity index (χ1n) is 7.52. The van der Waals surface area contributed by atoms with Crippen molar-refractivity contribution < 1.29 is 14.3 Å². The Morgan fingerprint density at radius 3 is 2.61 bits per heavy atom. The van der Waals surface area contributed by atoms with E-state index in [9.17, 15) is 9.59 Å². The molecule has 23 heavy (non-hydrogen) atoms. The lowest BCUT2D eigenvalue weighted by Gasteiger charge is -2.16. The first-order valence-corrected chi connectivity index (χ1v) is 7.52. The minimum atomic E-state index is -0.519. The molecular formula is C19H17NO3. The molecule has 4 nitrogen and oxygen atoms in total. The summed E-state index contributed by atoms with van der Waals surface area (Å²) in [7, 11) is 0. The van der Waals surface area contributed by atoms with Gasteiger partial charge in [-0.25, -0.2) is 4.79 Å². The average molecular weight is 307 g/mol. The van der Waals surface area contributed by atoms with Gasteiger partial charge in [-0.1, -0.05) is 48.5 Å². The van der Waals surface area contributed by atoms with E-state index >= 15 is 0 Å². The molecule has 0 fully saturated rings. The Balaban J connectivity index is 1.54. The van der Waals surface area contributed by atoms with Gasteiger partial charge >= 0.3 is 5.97 Å². The molecule has 1 amide bonds. The van der Waals surface area contributed by atoms with Gasteiger partial charge in [0.1, 0.15) is 0 Å². The van der Waals surface area contributed by atoms with Gasteiger partial charge in [-0.05, 0) is 29.7 Å². The number of ether oxygens (including phenoxy) is 1. The molecule has 0 spiro atoms. The van der Waals surface area contributed by atoms with Crippen molar-refractivity contribution in [3.8, 4) is 0 Å². The molecule has 0 atom stereocenters. The van der Waals surface area contributed by atoms with Crippen molar-refractivity contribution in [2.75, 3.05) is 18.1 Å². The number of esters is 1. The predicted molar refractivity (Wildman–Crippen MR) is 88.9 cm³/mol. The van der Waals surface area contributed by atoms with E-state index in [1.807, 2.05) is 54.6 Å². The van der Waals surface area contributed by atoms with Gasteiger partial charge in [0.25, 0.3) is 5.91 Å². The van der Waals surface area contributed by atoms with Gasteiger partial charge in [0, 0.05) is 18.3 Å². The summed E-state index contributed by atoms with van der Waals surface area (Å²) in [5.41, 5.74) is 2.97. The number of amides is 1. The molecule has 0 saturated heterocycles. The Kier molecular flexibility index (Phi) is 4.52. The number of hydrogen-bond donors (Lipinski definition) is 0. The summed E-state index contributed by atoms with van der Waals surface area (Å²) in [6.07, 6.45) is 3.84. The molecule has 0 unspecified atom stereocenters. The van der Waals surface area contributed by atoms with Crippen molar-refractivity contribution in [2.24, 2.45) is 0 Å². The monoisotopic (exact) mass is 307 g/mol. The summed E-state index contributed by atoms with van der Waals surface area (Å²) in [5.74, 6) is -0.717. The Bertz CT molecular complexity index is 737. The number of para-hydroxylation sites is 1. The zero-order chi connectivity index (χ0) is 16.1. The fourth-order valence-electron chi connectivity index (χ4n) is 2.58. The van der Waals surface area contributed by atoms with Crippen molar-refractivity contribution >= 4 is 23.6 Å². The van der Waals surface area contributed by atoms with Crippen LogP contribution in [0.4, 0.5) is 5.69 Å². The molecule has 2 aromatic rings. The molecule has 4 heteroatoms. The summed E-state index contributed by atoms with van der Waals surface area (Å²) in [6, 6.07) is 17.2. The Morgan fingerprint density at radius 2 is 1.78 bits per heavy atom. The van der Waals surface area contributed by atoms with Crippen molar-refractivity contribution in [3.05, 3.63) is 71.8 Å². The van der Waals surface area contributed by atoms with E-state index in [0.29, 0.717) is 6.54 Å². The highest BCUT2D eigenvalue weighted by atomic mass is 16.5. The minimum absolute atomic E-state index is 0.198. The van der Waals surface area contributed by atoms with E-state index < -0.39 is 5.97 Å². The van der Waals surface area contributed by atoms with Gasteiger partial charge in [-0.15, -0.1) is 0 Å². The second-order valence-corrected chi connectivity index (χ2v) is 5.28. The fourth-order valence-corrected chi connectivity index (χ4v) is 2.58. The Labute approximate surface area is 135 Å². The van der Waals surface area contributed by atoms with Gasteiger partial charge in [-0.3, -0.25) is 4.79 Å². The number of benzene rings is 2. The van der Waals surface area contributed by atoms with Crippen LogP contribution in [0.25, 0.3) is 6.08 Å². The Hall–Kier alpha value is -2.88. The topological polar surface area (TPSA) is 46.6 Å². The van der Waals surface area contributed by atoms with E-state index in [2.05, 4.69) is 0 Å². The van der Waals surface area contributed by atoms with Crippen LogP contribution in [0.15, 0.2) is 60.7 Å². The number of anilines is 1. The zero-order valence-corrected chi connectivity index (χ0v) is 12.6. The van der Waals surface area contributed by atoms with E-state index in [0.717, 1.165) is 23.2 Å². The third-order valence-corrected chi connectivity index (χ3v) is 3.74. The fraction of sp³-hybridized carbons (Fsp3) is 0.158. The third kappa shape index (κ3) is 3.66. The van der Waals surface area contributed by atoms with Crippen LogP contribution in [0, 0.1) is 0 Å². The third-order valence-electron chi connectivity index (χ3n) is 3.74. The van der Waals surface area contributed by atoms with Crippen LogP contribution >= 0.6 is 0 Å². The number of nitrogens with zero attached hydrogens (tertiary/aromatic N) is 1. The van der Waals surface area contributed by atoms with E-state index in [-0.39, 0.29) is 12.5 Å². The van der Waals surface area contributed by atoms with Crippen LogP contribution in [-0.2, 0) is 20.7 Å². The lowest BCUT2D eigenvalue weighted by molar-refractivity contribution is -0.142. The molecule has 0 bridgehead atoms. The largest absolute Gasteiger partial charge is 0.452 e. The van der Waals surface area contributed by atoms with Crippen molar-refractivity contribution in [2.45, 2.75) is 6.42 Å². The van der Waals surface area contributed by atoms with Crippen molar-refractivity contribution in [1.29, 1.82) is 0 Å². The maximum absolute atomic E-state index is 12.2. The molecule has 1 aliphatic rings. The zero-order valence-electron chi connectivity index (χ0n) is 12.6. The standard InChI is InChI=1S/C19H17NO3/c21-18(20-13-12-16-8-4-5-9-17(16)20)14-23-19(22)11-10-15-6-2-1-3-7-15/h1-11H,12-14H2/b11-10+. The maximum Gasteiger partial charge on any atom is 0.331 e. The van der Waals surface area contributed by atoms with Gasteiger partial charge < -0.3 is 9.64 Å². The molecule has 116 valence electrons. The van der Waals surface area contributed by atoms with Crippen molar-refractivity contribution in [1.82, 2.24) is 0 Å². The summed E-state index contributed by atoms with van der Waals surface area (Å²) >= 11 is 0. The second-order valence-electron chi connectivity index (χ2n) is 5.28. The lowest BCUT2D eigenvalue weighted by Crippen LogP contribution is -2.33. The smallest absolute Gasteiger partial charge is 0.331 e. The quantitative estimate of drug-likeness (QED) is 0.644. The van der Waals surface area contributed by atoms with Crippen LogP contribution in [0.2, 0.25) is 0 Å². The van der Waals surface area contributed by atoms with Gasteiger partial charge in [0.15, 0.2) is 6.61 Å². The second kappa shape index (κ2) is 6.92. The molecule has 3 rings (SSSR count). The predicted octanol–water partition coefficient (Wildman–Crippen LogP) is 2.83. The van der Waals surface area contributed by atoms with Gasteiger partial charge in [0.2, 0.25) is 0 Å². The number of fused-ring (bicyclic) bond motifs is 1. The SMILES string of the molecule is O=C(/C=C/c1ccccc1)OCC(=O)N1CCc2ccccc21. The first-order chi connectivity index (χ1) is 11.2. The number of carbonyl (C=O) groups excluding carboxylic acids is 2. The van der Waals surface area contributed by atoms with Crippen LogP contribution in [0.3, 0.4) is 0 Å². The van der Waals surface area contributed by atoms with E-state index in [1.54, 1.807) is 11.0 Å². The van der Waals surface area contributed by atoms with Gasteiger partial charge in [-0.2, -0.15) is 0 Å². The highest BCUT2D eigenvalue weighted by Gasteiger charge is 2.24. The molecule has 0 N–H and O–H groups in total. The lowest BCUT2D eigenvalue weighted by atomic mass is 10.2. The molecule has 1 aliphatic heterocycles. The normalized spacial score (nSPS) is 13.1. The molecule has 0 radical (unpaired) electrons. The van der Waals surface area contributed by atoms with Gasteiger partial charge in [0.05, 0.1) is 0 Å². The highest BCUT2D eigenvalue weighted by Crippen LogP contribution is 2.27. The van der Waals surface area contributed by atoms with Crippen LogP contribution < -0.4 is 4.90 Å². The number of carbonyl (C=O) groups is 2. The molecule has 2 aromatic carbocycles. The Morgan fingerprint density at radius 1 is 1.04 bits per heavy atom. The summed E-state index contributed by atoms with van der Waals surface area (Å²) in [5, 5.41) is 0. The molecule has 1 heterocycles. The summed E-state index contributed by atoms with van der Waals surface area (Å²) in [4.78, 5) is 25.6. The maximum atomic E-state index is 12.2. The van der Waals surface area contributed by atoms with Crippen LogP contribution in [-0.4, -0.2) is 25.0 Å². The summed E-state index contributed by atoms with van der Waals surface area (Å²) < 4.78 is 5.04. The van der Waals surface area contributed by atoms with E-state index in [1.165, 1.54) is 6.08 Å². The number of hydrogen-bond acceptors (Lipinski definition) is 3. The molecule has 0 aromatic heterocycles. The van der Waals surface area contributed by atoms with Crippen molar-refractivity contribution in [3.63, 3.8) is 0 Å². The minimum Gasteiger partial charge on any atom is -0.452 e. The van der Waals surface area contributed by atoms with E-state index in [4.69, 9.17) is 4.74 Å².